The summed E-state index contributed by atoms with van der Waals surface area (Å²) in [6.07, 6.45) is 1.37. The van der Waals surface area contributed by atoms with Crippen molar-refractivity contribution < 1.29 is 14.3 Å². The molecule has 0 aromatic carbocycles. The summed E-state index contributed by atoms with van der Waals surface area (Å²) in [5.41, 5.74) is -1.90. The highest BCUT2D eigenvalue weighted by molar-refractivity contribution is 5.96. The highest BCUT2D eigenvalue weighted by atomic mass is 16.6. The molecule has 90 valence electrons. The monoisotopic (exact) mass is 225 g/mol. The molecule has 1 saturated carbocycles. The van der Waals surface area contributed by atoms with E-state index in [9.17, 15) is 9.59 Å². The standard InChI is InChI=1S/C12H19NO3/c1-5-13-8(14)12-7-6-11(4,9(15)16-12)10(12,2)3/h5-7H2,1-4H3,(H,13,14)/t11-,12+/m1/s1. The molecule has 1 aliphatic carbocycles. The third-order valence-corrected chi connectivity index (χ3v) is 4.79. The minimum atomic E-state index is -0.950. The van der Waals surface area contributed by atoms with Gasteiger partial charge >= 0.3 is 5.97 Å². The van der Waals surface area contributed by atoms with Crippen molar-refractivity contribution in [3.63, 3.8) is 0 Å². The average molecular weight is 225 g/mol. The van der Waals surface area contributed by atoms with Crippen molar-refractivity contribution in [2.45, 2.75) is 46.1 Å². The lowest BCUT2D eigenvalue weighted by Crippen LogP contribution is -2.53. The van der Waals surface area contributed by atoms with Crippen molar-refractivity contribution in [3.8, 4) is 0 Å². The van der Waals surface area contributed by atoms with Crippen molar-refractivity contribution in [3.05, 3.63) is 0 Å². The molecule has 4 nitrogen and oxygen atoms in total. The van der Waals surface area contributed by atoms with Crippen LogP contribution in [0.3, 0.4) is 0 Å². The van der Waals surface area contributed by atoms with Gasteiger partial charge in [0.05, 0.1) is 5.41 Å². The van der Waals surface area contributed by atoms with Gasteiger partial charge in [0.15, 0.2) is 5.60 Å². The van der Waals surface area contributed by atoms with Crippen LogP contribution in [0.1, 0.15) is 40.5 Å². The largest absolute Gasteiger partial charge is 0.448 e. The van der Waals surface area contributed by atoms with Gasteiger partial charge in [-0.2, -0.15) is 0 Å². The van der Waals surface area contributed by atoms with Crippen LogP contribution in [-0.4, -0.2) is 24.0 Å². The second kappa shape index (κ2) is 2.99. The number of amides is 1. The van der Waals surface area contributed by atoms with Crippen molar-refractivity contribution in [1.82, 2.24) is 5.32 Å². The Morgan fingerprint density at radius 2 is 2.00 bits per heavy atom. The normalized spacial score (nSPS) is 39.6. The van der Waals surface area contributed by atoms with Gasteiger partial charge in [-0.25, -0.2) is 0 Å². The van der Waals surface area contributed by atoms with Crippen molar-refractivity contribution in [2.24, 2.45) is 10.8 Å². The maximum absolute atomic E-state index is 12.1. The minimum absolute atomic E-state index is 0.144. The zero-order valence-corrected chi connectivity index (χ0v) is 10.3. The van der Waals surface area contributed by atoms with Crippen LogP contribution >= 0.6 is 0 Å². The molecule has 2 rings (SSSR count). The van der Waals surface area contributed by atoms with Crippen LogP contribution in [0.2, 0.25) is 0 Å². The predicted molar refractivity (Wildman–Crippen MR) is 58.6 cm³/mol. The third-order valence-electron chi connectivity index (χ3n) is 4.79. The molecule has 2 aliphatic rings. The first kappa shape index (κ1) is 11.4. The van der Waals surface area contributed by atoms with Gasteiger partial charge in [0, 0.05) is 12.0 Å². The number of esters is 1. The summed E-state index contributed by atoms with van der Waals surface area (Å²) in [5, 5.41) is 2.78. The fourth-order valence-corrected chi connectivity index (χ4v) is 3.05. The van der Waals surface area contributed by atoms with E-state index in [0.29, 0.717) is 13.0 Å². The quantitative estimate of drug-likeness (QED) is 0.719. The minimum Gasteiger partial charge on any atom is -0.448 e. The Labute approximate surface area is 95.7 Å². The third kappa shape index (κ3) is 0.955. The number of nitrogens with one attached hydrogen (secondary N) is 1. The van der Waals surface area contributed by atoms with Gasteiger partial charge in [-0.15, -0.1) is 0 Å². The summed E-state index contributed by atoms with van der Waals surface area (Å²) in [7, 11) is 0. The van der Waals surface area contributed by atoms with Gasteiger partial charge < -0.3 is 10.1 Å². The van der Waals surface area contributed by atoms with Gasteiger partial charge in [-0.3, -0.25) is 9.59 Å². The Morgan fingerprint density at radius 1 is 1.38 bits per heavy atom. The molecule has 0 spiro atoms. The summed E-state index contributed by atoms with van der Waals surface area (Å²) in [5.74, 6) is -0.371. The molecular weight excluding hydrogens is 206 g/mol. The number of hydrogen-bond donors (Lipinski definition) is 1. The van der Waals surface area contributed by atoms with Gasteiger partial charge in [0.1, 0.15) is 0 Å². The van der Waals surface area contributed by atoms with E-state index in [1.54, 1.807) is 0 Å². The van der Waals surface area contributed by atoms with Gasteiger partial charge in [0.25, 0.3) is 5.91 Å². The lowest BCUT2D eigenvalue weighted by Gasteiger charge is -2.35. The second-order valence-electron chi connectivity index (χ2n) is 5.53. The van der Waals surface area contributed by atoms with Crippen LogP contribution in [0.5, 0.6) is 0 Å². The van der Waals surface area contributed by atoms with Gasteiger partial charge in [0.2, 0.25) is 0 Å². The first-order valence-electron chi connectivity index (χ1n) is 5.83. The Kier molecular flexibility index (Phi) is 2.14. The summed E-state index contributed by atoms with van der Waals surface area (Å²) in [4.78, 5) is 24.0. The molecule has 1 aliphatic heterocycles. The SMILES string of the molecule is CCNC(=O)[C@]12CC[C@](C)(C(=O)O1)C2(C)C. The molecule has 2 atom stereocenters. The summed E-state index contributed by atoms with van der Waals surface area (Å²) in [6, 6.07) is 0. The van der Waals surface area contributed by atoms with Crippen molar-refractivity contribution in [2.75, 3.05) is 6.54 Å². The summed E-state index contributed by atoms with van der Waals surface area (Å²) < 4.78 is 5.43. The highest BCUT2D eigenvalue weighted by Gasteiger charge is 2.75. The number of carbonyl (C=O) groups is 2. The molecule has 0 radical (unpaired) electrons. The average Bonchev–Trinajstić information content (AvgIpc) is 2.48. The van der Waals surface area contributed by atoms with Gasteiger partial charge in [-0.1, -0.05) is 13.8 Å². The number of rotatable bonds is 2. The molecule has 0 unspecified atom stereocenters. The van der Waals surface area contributed by atoms with E-state index in [2.05, 4.69) is 5.32 Å². The molecule has 4 heteroatoms. The van der Waals surface area contributed by atoms with Crippen molar-refractivity contribution in [1.29, 1.82) is 0 Å². The van der Waals surface area contributed by atoms with E-state index in [1.165, 1.54) is 0 Å². The Morgan fingerprint density at radius 3 is 2.38 bits per heavy atom. The van der Waals surface area contributed by atoms with Crippen LogP contribution in [0, 0.1) is 10.8 Å². The molecule has 1 saturated heterocycles. The molecule has 0 aromatic rings. The fraction of sp³-hybridized carbons (Fsp3) is 0.833. The van der Waals surface area contributed by atoms with E-state index < -0.39 is 16.4 Å². The lowest BCUT2D eigenvalue weighted by molar-refractivity contribution is -0.168. The molecule has 16 heavy (non-hydrogen) atoms. The first-order valence-corrected chi connectivity index (χ1v) is 5.83. The molecule has 1 amide bonds. The zero-order valence-electron chi connectivity index (χ0n) is 10.3. The van der Waals surface area contributed by atoms with Crippen LogP contribution in [0.4, 0.5) is 0 Å². The number of likely N-dealkylation sites (N-methyl/N-ethyl adjacent to an activating group) is 1. The van der Waals surface area contributed by atoms with Crippen LogP contribution in [0.15, 0.2) is 0 Å². The van der Waals surface area contributed by atoms with E-state index >= 15 is 0 Å². The molecule has 1 N–H and O–H groups in total. The van der Waals surface area contributed by atoms with Gasteiger partial charge in [-0.05, 0) is 26.7 Å². The number of carbonyl (C=O) groups excluding carboxylic acids is 2. The van der Waals surface area contributed by atoms with E-state index in [4.69, 9.17) is 4.74 Å². The van der Waals surface area contributed by atoms with E-state index in [-0.39, 0.29) is 11.9 Å². The molecule has 2 fully saturated rings. The van der Waals surface area contributed by atoms with E-state index in [0.717, 1.165) is 6.42 Å². The maximum atomic E-state index is 12.1. The zero-order chi connectivity index (χ0) is 12.2. The number of fused-ring (bicyclic) bond motifs is 2. The Balaban J connectivity index is 2.44. The number of hydrogen-bond acceptors (Lipinski definition) is 3. The van der Waals surface area contributed by atoms with Crippen LogP contribution < -0.4 is 5.32 Å². The number of ether oxygens (including phenoxy) is 1. The van der Waals surface area contributed by atoms with E-state index in [1.807, 2.05) is 27.7 Å². The molecule has 2 bridgehead atoms. The van der Waals surface area contributed by atoms with Crippen LogP contribution in [-0.2, 0) is 14.3 Å². The first-order chi connectivity index (χ1) is 7.32. The summed E-state index contributed by atoms with van der Waals surface area (Å²) >= 11 is 0. The molecule has 1 heterocycles. The molecular formula is C12H19NO3. The Hall–Kier alpha value is -1.06. The fourth-order valence-electron chi connectivity index (χ4n) is 3.05. The second-order valence-corrected chi connectivity index (χ2v) is 5.53. The smallest absolute Gasteiger partial charge is 0.313 e. The Bertz CT molecular complexity index is 363. The summed E-state index contributed by atoms with van der Waals surface area (Å²) in [6.45, 7) is 8.25. The van der Waals surface area contributed by atoms with Crippen LogP contribution in [0.25, 0.3) is 0 Å². The predicted octanol–water partition coefficient (Wildman–Crippen LogP) is 1.24. The highest BCUT2D eigenvalue weighted by Crippen LogP contribution is 2.65. The lowest BCUT2D eigenvalue weighted by atomic mass is 9.66. The van der Waals surface area contributed by atoms with Crippen molar-refractivity contribution >= 4 is 11.9 Å². The topological polar surface area (TPSA) is 55.4 Å². The molecule has 0 aromatic heterocycles. The maximum Gasteiger partial charge on any atom is 0.313 e.